The van der Waals surface area contributed by atoms with Gasteiger partial charge in [0.1, 0.15) is 0 Å². The lowest BCUT2D eigenvalue weighted by Gasteiger charge is -2.18. The number of hydrogen-bond donors (Lipinski definition) is 1. The lowest BCUT2D eigenvalue weighted by Crippen LogP contribution is -2.31. The highest BCUT2D eigenvalue weighted by molar-refractivity contribution is 5.93. The highest BCUT2D eigenvalue weighted by atomic mass is 16.6. The van der Waals surface area contributed by atoms with Gasteiger partial charge in [0.05, 0.1) is 16.3 Å². The molecule has 9 nitrogen and oxygen atoms in total. The molecule has 0 spiro atoms. The SMILES string of the molecule is Cc1c(C(=O)NCC2CCN(c3ccccc3)C2)nnn1-c1cccc([N+](=O)[O-])c1. The molecule has 1 aliphatic rings. The van der Waals surface area contributed by atoms with E-state index in [4.69, 9.17) is 0 Å². The Hall–Kier alpha value is -3.75. The maximum atomic E-state index is 12.6. The standard InChI is InChI=1S/C21H22N6O3/c1-15-20(23-24-26(15)18-8-5-9-19(12-18)27(29)30)21(28)22-13-16-10-11-25(14-16)17-6-3-2-4-7-17/h2-9,12,16H,10-11,13-14H2,1H3,(H,22,28). The molecule has 1 aliphatic heterocycles. The minimum atomic E-state index is -0.469. The van der Waals surface area contributed by atoms with Crippen molar-refractivity contribution in [1.82, 2.24) is 20.3 Å². The largest absolute Gasteiger partial charge is 0.371 e. The summed E-state index contributed by atoms with van der Waals surface area (Å²) < 4.78 is 1.44. The molecule has 30 heavy (non-hydrogen) atoms. The molecule has 1 atom stereocenters. The fourth-order valence-electron chi connectivity index (χ4n) is 3.72. The van der Waals surface area contributed by atoms with E-state index in [0.29, 0.717) is 23.8 Å². The zero-order chi connectivity index (χ0) is 21.1. The number of carbonyl (C=O) groups is 1. The Morgan fingerprint density at radius 3 is 2.73 bits per heavy atom. The van der Waals surface area contributed by atoms with Crippen molar-refractivity contribution >= 4 is 17.3 Å². The number of benzene rings is 2. The van der Waals surface area contributed by atoms with E-state index in [1.807, 2.05) is 18.2 Å². The van der Waals surface area contributed by atoms with Crippen molar-refractivity contribution in [1.29, 1.82) is 0 Å². The Morgan fingerprint density at radius 1 is 1.20 bits per heavy atom. The van der Waals surface area contributed by atoms with Crippen LogP contribution >= 0.6 is 0 Å². The van der Waals surface area contributed by atoms with Crippen LogP contribution in [0.25, 0.3) is 5.69 Å². The Morgan fingerprint density at radius 2 is 1.97 bits per heavy atom. The van der Waals surface area contributed by atoms with Crippen LogP contribution in [0.3, 0.4) is 0 Å². The number of nitrogens with one attached hydrogen (secondary N) is 1. The average Bonchev–Trinajstić information content (AvgIpc) is 3.39. The van der Waals surface area contributed by atoms with Gasteiger partial charge in [0.25, 0.3) is 11.6 Å². The van der Waals surface area contributed by atoms with Crippen LogP contribution in [0.5, 0.6) is 0 Å². The molecule has 1 amide bonds. The third-order valence-electron chi connectivity index (χ3n) is 5.35. The molecular weight excluding hydrogens is 384 g/mol. The monoisotopic (exact) mass is 406 g/mol. The fraction of sp³-hybridized carbons (Fsp3) is 0.286. The number of nitrogens with zero attached hydrogens (tertiary/aromatic N) is 5. The summed E-state index contributed by atoms with van der Waals surface area (Å²) in [7, 11) is 0. The minimum Gasteiger partial charge on any atom is -0.371 e. The maximum absolute atomic E-state index is 12.6. The molecule has 0 radical (unpaired) electrons. The first-order valence-corrected chi connectivity index (χ1v) is 9.78. The second-order valence-electron chi connectivity index (χ2n) is 7.36. The van der Waals surface area contributed by atoms with Gasteiger partial charge in [0, 0.05) is 37.5 Å². The number of aromatic nitrogens is 3. The van der Waals surface area contributed by atoms with Crippen molar-refractivity contribution in [3.8, 4) is 5.69 Å². The molecule has 4 rings (SSSR count). The van der Waals surface area contributed by atoms with Crippen LogP contribution in [0.4, 0.5) is 11.4 Å². The lowest BCUT2D eigenvalue weighted by atomic mass is 10.1. The number of para-hydroxylation sites is 1. The van der Waals surface area contributed by atoms with Crippen LogP contribution in [-0.4, -0.2) is 45.5 Å². The molecule has 0 aliphatic carbocycles. The van der Waals surface area contributed by atoms with Gasteiger partial charge in [-0.3, -0.25) is 14.9 Å². The Labute approximate surface area is 173 Å². The van der Waals surface area contributed by atoms with E-state index in [0.717, 1.165) is 19.5 Å². The molecule has 2 aromatic carbocycles. The smallest absolute Gasteiger partial charge is 0.273 e. The van der Waals surface area contributed by atoms with Crippen molar-refractivity contribution in [3.63, 3.8) is 0 Å². The van der Waals surface area contributed by atoms with Crippen molar-refractivity contribution in [2.75, 3.05) is 24.5 Å². The molecule has 0 saturated carbocycles. The summed E-state index contributed by atoms with van der Waals surface area (Å²) >= 11 is 0. The minimum absolute atomic E-state index is 0.0439. The van der Waals surface area contributed by atoms with Gasteiger partial charge in [-0.25, -0.2) is 4.68 Å². The van der Waals surface area contributed by atoms with Gasteiger partial charge in [-0.15, -0.1) is 5.10 Å². The molecule has 3 aromatic rings. The number of anilines is 1. The van der Waals surface area contributed by atoms with E-state index in [1.165, 1.54) is 22.5 Å². The van der Waals surface area contributed by atoms with Crippen LogP contribution in [0.1, 0.15) is 22.6 Å². The molecule has 1 saturated heterocycles. The van der Waals surface area contributed by atoms with Crippen LogP contribution in [0.15, 0.2) is 54.6 Å². The maximum Gasteiger partial charge on any atom is 0.273 e. The first-order chi connectivity index (χ1) is 14.5. The Balaban J connectivity index is 1.39. The summed E-state index contributed by atoms with van der Waals surface area (Å²) in [6.07, 6.45) is 1.01. The van der Waals surface area contributed by atoms with Gasteiger partial charge in [0.2, 0.25) is 0 Å². The summed E-state index contributed by atoms with van der Waals surface area (Å²) in [6.45, 7) is 4.14. The normalized spacial score (nSPS) is 15.9. The topological polar surface area (TPSA) is 106 Å². The predicted molar refractivity (Wildman–Crippen MR) is 112 cm³/mol. The quantitative estimate of drug-likeness (QED) is 0.498. The van der Waals surface area contributed by atoms with Crippen LogP contribution < -0.4 is 10.2 Å². The molecule has 2 heterocycles. The molecule has 1 N–H and O–H groups in total. The molecule has 1 fully saturated rings. The number of nitro benzene ring substituents is 1. The first kappa shape index (κ1) is 19.6. The van der Waals surface area contributed by atoms with Crippen LogP contribution in [0, 0.1) is 23.0 Å². The first-order valence-electron chi connectivity index (χ1n) is 9.78. The average molecular weight is 406 g/mol. The molecular formula is C21H22N6O3. The van der Waals surface area contributed by atoms with Crippen molar-refractivity contribution in [2.45, 2.75) is 13.3 Å². The van der Waals surface area contributed by atoms with Crippen molar-refractivity contribution < 1.29 is 9.72 Å². The van der Waals surface area contributed by atoms with E-state index in [9.17, 15) is 14.9 Å². The Bertz CT molecular complexity index is 1070. The lowest BCUT2D eigenvalue weighted by molar-refractivity contribution is -0.384. The summed E-state index contributed by atoms with van der Waals surface area (Å²) in [5, 5.41) is 22.0. The van der Waals surface area contributed by atoms with E-state index in [-0.39, 0.29) is 17.3 Å². The third-order valence-corrected chi connectivity index (χ3v) is 5.35. The van der Waals surface area contributed by atoms with Crippen molar-refractivity contribution in [3.05, 3.63) is 76.1 Å². The van der Waals surface area contributed by atoms with Gasteiger partial charge in [-0.1, -0.05) is 29.5 Å². The molecule has 1 aromatic heterocycles. The molecule has 1 unspecified atom stereocenters. The second kappa shape index (κ2) is 8.32. The zero-order valence-electron chi connectivity index (χ0n) is 16.6. The number of carbonyl (C=O) groups excluding carboxylic acids is 1. The fourth-order valence-corrected chi connectivity index (χ4v) is 3.72. The Kier molecular flexibility index (Phi) is 5.42. The van der Waals surface area contributed by atoms with Gasteiger partial charge < -0.3 is 10.2 Å². The number of nitro groups is 1. The van der Waals surface area contributed by atoms with E-state index < -0.39 is 4.92 Å². The van der Waals surface area contributed by atoms with Gasteiger partial charge >= 0.3 is 0 Å². The zero-order valence-corrected chi connectivity index (χ0v) is 16.6. The second-order valence-corrected chi connectivity index (χ2v) is 7.36. The molecule has 0 bridgehead atoms. The highest BCUT2D eigenvalue weighted by Crippen LogP contribution is 2.23. The number of amides is 1. The summed E-state index contributed by atoms with van der Waals surface area (Å²) in [6, 6.07) is 16.3. The van der Waals surface area contributed by atoms with Crippen LogP contribution in [-0.2, 0) is 0 Å². The predicted octanol–water partition coefficient (Wildman–Crippen LogP) is 2.74. The summed E-state index contributed by atoms with van der Waals surface area (Å²) in [5.41, 5.74) is 2.40. The third kappa shape index (κ3) is 4.00. The summed E-state index contributed by atoms with van der Waals surface area (Å²) in [5.74, 6) is 0.0728. The van der Waals surface area contributed by atoms with Gasteiger partial charge in [-0.2, -0.15) is 0 Å². The number of rotatable bonds is 6. The molecule has 154 valence electrons. The van der Waals surface area contributed by atoms with E-state index in [1.54, 1.807) is 19.1 Å². The van der Waals surface area contributed by atoms with Gasteiger partial charge in [0.15, 0.2) is 5.69 Å². The summed E-state index contributed by atoms with van der Waals surface area (Å²) in [4.78, 5) is 25.5. The number of hydrogen-bond acceptors (Lipinski definition) is 6. The van der Waals surface area contributed by atoms with E-state index in [2.05, 4.69) is 32.7 Å². The number of non-ortho nitro benzene ring substituents is 1. The van der Waals surface area contributed by atoms with Crippen molar-refractivity contribution in [2.24, 2.45) is 5.92 Å². The van der Waals surface area contributed by atoms with Gasteiger partial charge in [-0.05, 0) is 37.5 Å². The molecule has 9 heteroatoms. The van der Waals surface area contributed by atoms with E-state index >= 15 is 0 Å². The highest BCUT2D eigenvalue weighted by Gasteiger charge is 2.24. The van der Waals surface area contributed by atoms with Crippen LogP contribution in [0.2, 0.25) is 0 Å².